The van der Waals surface area contributed by atoms with Gasteiger partial charge in [0.1, 0.15) is 0 Å². The fourth-order valence-corrected chi connectivity index (χ4v) is 3.77. The van der Waals surface area contributed by atoms with Crippen LogP contribution in [0, 0.1) is 5.92 Å². The van der Waals surface area contributed by atoms with Gasteiger partial charge in [0.15, 0.2) is 0 Å². The molecule has 0 aliphatic heterocycles. The molecule has 0 bridgehead atoms. The molecule has 0 amide bonds. The zero-order valence-corrected chi connectivity index (χ0v) is 11.8. The quantitative estimate of drug-likeness (QED) is 0.897. The Kier molecular flexibility index (Phi) is 4.82. The van der Waals surface area contributed by atoms with Crippen LogP contribution in [-0.4, -0.2) is 12.6 Å². The summed E-state index contributed by atoms with van der Waals surface area (Å²) in [4.78, 5) is 1.39. The molecule has 1 aliphatic carbocycles. The number of thiophene rings is 1. The predicted molar refractivity (Wildman–Crippen MR) is 73.7 cm³/mol. The third kappa shape index (κ3) is 3.55. The summed E-state index contributed by atoms with van der Waals surface area (Å²) in [6.07, 6.45) is 5.17. The zero-order valence-electron chi connectivity index (χ0n) is 9.42. The Balaban J connectivity index is 1.71. The van der Waals surface area contributed by atoms with Crippen molar-refractivity contribution < 1.29 is 0 Å². The molecule has 1 aromatic rings. The van der Waals surface area contributed by atoms with Crippen LogP contribution in [0.25, 0.3) is 0 Å². The van der Waals surface area contributed by atoms with Crippen LogP contribution in [0.3, 0.4) is 0 Å². The molecule has 1 aromatic heterocycles. The van der Waals surface area contributed by atoms with Gasteiger partial charge in [0.25, 0.3) is 0 Å². The molecular weight excluding hydrogens is 284 g/mol. The number of nitrogens with two attached hydrogens (primary N) is 1. The molecule has 2 unspecified atom stereocenters. The second kappa shape index (κ2) is 6.15. The molecular formula is C12H19BrN2S. The van der Waals surface area contributed by atoms with Crippen LogP contribution in [0.1, 0.15) is 30.6 Å². The Labute approximate surface area is 110 Å². The van der Waals surface area contributed by atoms with E-state index in [4.69, 9.17) is 5.73 Å². The molecule has 1 fully saturated rings. The lowest BCUT2D eigenvalue weighted by Gasteiger charge is -2.28. The highest BCUT2D eigenvalue weighted by molar-refractivity contribution is 9.11. The van der Waals surface area contributed by atoms with E-state index in [1.54, 1.807) is 11.3 Å². The van der Waals surface area contributed by atoms with E-state index in [0.717, 1.165) is 13.1 Å². The molecule has 90 valence electrons. The molecule has 1 heterocycles. The van der Waals surface area contributed by atoms with E-state index in [9.17, 15) is 0 Å². The minimum absolute atomic E-state index is 0.413. The molecule has 2 rings (SSSR count). The van der Waals surface area contributed by atoms with Crippen LogP contribution in [0.2, 0.25) is 0 Å². The van der Waals surface area contributed by atoms with Gasteiger partial charge >= 0.3 is 0 Å². The average molecular weight is 303 g/mol. The van der Waals surface area contributed by atoms with Crippen LogP contribution in [0.4, 0.5) is 0 Å². The normalized spacial score (nSPS) is 25.9. The second-order valence-electron chi connectivity index (χ2n) is 4.55. The molecule has 0 saturated heterocycles. The zero-order chi connectivity index (χ0) is 11.4. The smallest absolute Gasteiger partial charge is 0.0701 e. The van der Waals surface area contributed by atoms with Gasteiger partial charge in [0.05, 0.1) is 3.79 Å². The lowest BCUT2D eigenvalue weighted by atomic mass is 9.85. The Hall–Kier alpha value is 0.1000. The maximum Gasteiger partial charge on any atom is 0.0701 e. The van der Waals surface area contributed by atoms with E-state index in [-0.39, 0.29) is 0 Å². The van der Waals surface area contributed by atoms with Crippen molar-refractivity contribution in [3.63, 3.8) is 0 Å². The van der Waals surface area contributed by atoms with Crippen LogP contribution in [0.15, 0.2) is 15.9 Å². The first kappa shape index (κ1) is 12.6. The Bertz CT molecular complexity index is 327. The Morgan fingerprint density at radius 1 is 1.38 bits per heavy atom. The van der Waals surface area contributed by atoms with Gasteiger partial charge in [-0.1, -0.05) is 12.8 Å². The maximum atomic E-state index is 6.12. The first-order valence-corrected chi connectivity index (χ1v) is 7.57. The summed E-state index contributed by atoms with van der Waals surface area (Å²) in [6, 6.07) is 4.69. The SMILES string of the molecule is NC1CCCCC1CNCc1ccc(Br)s1. The van der Waals surface area contributed by atoms with Crippen molar-refractivity contribution in [1.29, 1.82) is 0 Å². The number of hydrogen-bond acceptors (Lipinski definition) is 3. The van der Waals surface area contributed by atoms with Crippen molar-refractivity contribution in [2.45, 2.75) is 38.3 Å². The van der Waals surface area contributed by atoms with Crippen molar-refractivity contribution in [3.8, 4) is 0 Å². The van der Waals surface area contributed by atoms with E-state index < -0.39 is 0 Å². The maximum absolute atomic E-state index is 6.12. The van der Waals surface area contributed by atoms with E-state index >= 15 is 0 Å². The summed E-state index contributed by atoms with van der Waals surface area (Å²) in [5, 5.41) is 3.52. The summed E-state index contributed by atoms with van der Waals surface area (Å²) >= 11 is 5.28. The van der Waals surface area contributed by atoms with Gasteiger partial charge in [0.2, 0.25) is 0 Å². The fraction of sp³-hybridized carbons (Fsp3) is 0.667. The lowest BCUT2D eigenvalue weighted by Crippen LogP contribution is -2.39. The van der Waals surface area contributed by atoms with Crippen molar-refractivity contribution in [3.05, 3.63) is 20.8 Å². The fourth-order valence-electron chi connectivity index (χ4n) is 2.32. The minimum Gasteiger partial charge on any atom is -0.327 e. The monoisotopic (exact) mass is 302 g/mol. The number of nitrogens with one attached hydrogen (secondary N) is 1. The molecule has 0 spiro atoms. The summed E-state index contributed by atoms with van der Waals surface area (Å²) in [5.41, 5.74) is 6.12. The number of hydrogen-bond donors (Lipinski definition) is 2. The number of halogens is 1. The van der Waals surface area contributed by atoms with E-state index in [2.05, 4.69) is 33.4 Å². The van der Waals surface area contributed by atoms with Gasteiger partial charge in [-0.05, 0) is 53.4 Å². The van der Waals surface area contributed by atoms with Gasteiger partial charge in [-0.25, -0.2) is 0 Å². The van der Waals surface area contributed by atoms with Crippen LogP contribution in [0.5, 0.6) is 0 Å². The standard InChI is InChI=1S/C12H19BrN2S/c13-12-6-5-10(16-12)8-15-7-9-3-1-2-4-11(9)14/h5-6,9,11,15H,1-4,7-8,14H2. The summed E-state index contributed by atoms with van der Waals surface area (Å²) < 4.78 is 1.21. The minimum atomic E-state index is 0.413. The van der Waals surface area contributed by atoms with Gasteiger partial charge in [0, 0.05) is 17.5 Å². The highest BCUT2D eigenvalue weighted by atomic mass is 79.9. The third-order valence-corrected chi connectivity index (χ3v) is 4.93. The average Bonchev–Trinajstić information content (AvgIpc) is 2.67. The molecule has 0 radical (unpaired) electrons. The molecule has 4 heteroatoms. The van der Waals surface area contributed by atoms with Gasteiger partial charge in [-0.2, -0.15) is 0 Å². The van der Waals surface area contributed by atoms with Crippen LogP contribution < -0.4 is 11.1 Å². The first-order chi connectivity index (χ1) is 7.75. The molecule has 3 N–H and O–H groups in total. The molecule has 1 aliphatic rings. The molecule has 2 nitrogen and oxygen atoms in total. The number of rotatable bonds is 4. The predicted octanol–water partition coefficient (Wildman–Crippen LogP) is 3.12. The van der Waals surface area contributed by atoms with E-state index in [0.29, 0.717) is 12.0 Å². The van der Waals surface area contributed by atoms with Crippen molar-refractivity contribution in [2.75, 3.05) is 6.54 Å². The largest absolute Gasteiger partial charge is 0.327 e. The summed E-state index contributed by atoms with van der Waals surface area (Å²) in [7, 11) is 0. The summed E-state index contributed by atoms with van der Waals surface area (Å²) in [6.45, 7) is 2.04. The third-order valence-electron chi connectivity index (χ3n) is 3.30. The second-order valence-corrected chi connectivity index (χ2v) is 7.09. The molecule has 1 saturated carbocycles. The highest BCUT2D eigenvalue weighted by Crippen LogP contribution is 2.23. The first-order valence-electron chi connectivity index (χ1n) is 5.96. The topological polar surface area (TPSA) is 38.0 Å². The molecule has 2 atom stereocenters. The Morgan fingerprint density at radius 3 is 2.88 bits per heavy atom. The van der Waals surface area contributed by atoms with Crippen molar-refractivity contribution in [2.24, 2.45) is 11.7 Å². The van der Waals surface area contributed by atoms with Crippen molar-refractivity contribution in [1.82, 2.24) is 5.32 Å². The van der Waals surface area contributed by atoms with E-state index in [1.807, 2.05) is 0 Å². The van der Waals surface area contributed by atoms with Crippen LogP contribution >= 0.6 is 27.3 Å². The Morgan fingerprint density at radius 2 is 2.19 bits per heavy atom. The highest BCUT2D eigenvalue weighted by Gasteiger charge is 2.20. The molecule has 16 heavy (non-hydrogen) atoms. The van der Waals surface area contributed by atoms with E-state index in [1.165, 1.54) is 34.3 Å². The van der Waals surface area contributed by atoms with Gasteiger partial charge < -0.3 is 11.1 Å². The van der Waals surface area contributed by atoms with Gasteiger partial charge in [-0.15, -0.1) is 11.3 Å². The lowest BCUT2D eigenvalue weighted by molar-refractivity contribution is 0.296. The van der Waals surface area contributed by atoms with Crippen LogP contribution in [-0.2, 0) is 6.54 Å². The molecule has 0 aromatic carbocycles. The van der Waals surface area contributed by atoms with Gasteiger partial charge in [-0.3, -0.25) is 0 Å². The summed E-state index contributed by atoms with van der Waals surface area (Å²) in [5.74, 6) is 0.678. The van der Waals surface area contributed by atoms with Crippen molar-refractivity contribution >= 4 is 27.3 Å².